The first-order valence-electron chi connectivity index (χ1n) is 10.6. The number of carbonyl (C=O) groups is 1. The van der Waals surface area contributed by atoms with Gasteiger partial charge >= 0.3 is 0 Å². The maximum absolute atomic E-state index is 14.5. The molecule has 1 aromatic heterocycles. The maximum Gasteiger partial charge on any atom is 0.234 e. The van der Waals surface area contributed by atoms with Crippen LogP contribution in [-0.2, 0) is 16.1 Å². The second-order valence-electron chi connectivity index (χ2n) is 7.79. The van der Waals surface area contributed by atoms with Crippen LogP contribution in [0.25, 0.3) is 10.9 Å². The zero-order chi connectivity index (χ0) is 23.5. The number of rotatable bonds is 8. The van der Waals surface area contributed by atoms with Crippen molar-refractivity contribution in [3.8, 4) is 5.75 Å². The third-order valence-corrected chi connectivity index (χ3v) is 6.00. The second-order valence-corrected chi connectivity index (χ2v) is 8.20. The summed E-state index contributed by atoms with van der Waals surface area (Å²) in [5, 5.41) is 3.69. The van der Waals surface area contributed by atoms with Crippen LogP contribution in [0.5, 0.6) is 5.75 Å². The minimum atomic E-state index is -0.567. The van der Waals surface area contributed by atoms with Gasteiger partial charge in [0.1, 0.15) is 17.9 Å². The topological polar surface area (TPSA) is 103 Å². The molecule has 0 saturated carbocycles. The summed E-state index contributed by atoms with van der Waals surface area (Å²) in [4.78, 5) is 22.7. The van der Waals surface area contributed by atoms with E-state index >= 15 is 0 Å². The zero-order valence-electron chi connectivity index (χ0n) is 18.3. The highest BCUT2D eigenvalue weighted by atomic mass is 35.5. The number of amides is 1. The van der Waals surface area contributed by atoms with E-state index in [4.69, 9.17) is 26.8 Å². The number of benzene rings is 2. The van der Waals surface area contributed by atoms with Gasteiger partial charge in [0, 0.05) is 36.7 Å². The summed E-state index contributed by atoms with van der Waals surface area (Å²) < 4.78 is 25.8. The van der Waals surface area contributed by atoms with Crippen molar-refractivity contribution in [3.63, 3.8) is 0 Å². The lowest BCUT2D eigenvalue weighted by molar-refractivity contribution is -0.122. The molecule has 0 radical (unpaired) electrons. The Bertz CT molecular complexity index is 1180. The van der Waals surface area contributed by atoms with Crippen LogP contribution in [0, 0.1) is 5.82 Å². The van der Waals surface area contributed by atoms with E-state index in [1.807, 2.05) is 17.9 Å². The Kier molecular flexibility index (Phi) is 6.92. The van der Waals surface area contributed by atoms with Crippen LogP contribution in [0.1, 0.15) is 18.9 Å². The van der Waals surface area contributed by atoms with Crippen LogP contribution in [0.3, 0.4) is 0 Å². The van der Waals surface area contributed by atoms with Crippen molar-refractivity contribution in [2.24, 2.45) is 5.73 Å². The van der Waals surface area contributed by atoms with E-state index in [1.165, 1.54) is 12.4 Å². The number of hydrogen-bond acceptors (Lipinski definition) is 7. The number of aromatic nitrogens is 2. The van der Waals surface area contributed by atoms with Gasteiger partial charge in [-0.05, 0) is 31.5 Å². The van der Waals surface area contributed by atoms with Gasteiger partial charge in [-0.15, -0.1) is 0 Å². The second kappa shape index (κ2) is 9.86. The minimum Gasteiger partial charge on any atom is -0.496 e. The molecule has 1 fully saturated rings. The van der Waals surface area contributed by atoms with E-state index in [0.717, 1.165) is 5.56 Å². The van der Waals surface area contributed by atoms with Gasteiger partial charge in [0.15, 0.2) is 5.82 Å². The average molecular weight is 474 g/mol. The summed E-state index contributed by atoms with van der Waals surface area (Å²) in [7, 11) is 1.57. The summed E-state index contributed by atoms with van der Waals surface area (Å²) in [6.07, 6.45) is 1.87. The Morgan fingerprint density at radius 1 is 1.36 bits per heavy atom. The van der Waals surface area contributed by atoms with E-state index in [1.54, 1.807) is 25.3 Å². The van der Waals surface area contributed by atoms with Gasteiger partial charge in [0.2, 0.25) is 5.91 Å². The van der Waals surface area contributed by atoms with E-state index in [-0.39, 0.29) is 22.7 Å². The molecule has 2 atom stereocenters. The predicted molar refractivity (Wildman–Crippen MR) is 124 cm³/mol. The smallest absolute Gasteiger partial charge is 0.234 e. The maximum atomic E-state index is 14.5. The van der Waals surface area contributed by atoms with Gasteiger partial charge in [-0.25, -0.2) is 14.4 Å². The third kappa shape index (κ3) is 4.85. The van der Waals surface area contributed by atoms with Crippen LogP contribution in [0.15, 0.2) is 36.7 Å². The van der Waals surface area contributed by atoms with E-state index < -0.39 is 11.9 Å². The lowest BCUT2D eigenvalue weighted by Crippen LogP contribution is -2.39. The van der Waals surface area contributed by atoms with Gasteiger partial charge in [-0.3, -0.25) is 9.69 Å². The summed E-state index contributed by atoms with van der Waals surface area (Å²) in [6.45, 7) is 3.48. The fourth-order valence-electron chi connectivity index (χ4n) is 4.18. The van der Waals surface area contributed by atoms with E-state index in [0.29, 0.717) is 48.6 Å². The van der Waals surface area contributed by atoms with Gasteiger partial charge in [0.25, 0.3) is 0 Å². The van der Waals surface area contributed by atoms with Gasteiger partial charge < -0.3 is 20.5 Å². The number of primary amides is 1. The molecule has 8 nitrogen and oxygen atoms in total. The highest BCUT2D eigenvalue weighted by Gasteiger charge is 2.36. The number of anilines is 2. The van der Waals surface area contributed by atoms with Gasteiger partial charge in [-0.2, -0.15) is 0 Å². The molecule has 0 aliphatic carbocycles. The largest absolute Gasteiger partial charge is 0.496 e. The molecule has 10 heteroatoms. The number of halogens is 2. The number of nitrogens with one attached hydrogen (secondary N) is 1. The molecule has 0 bridgehead atoms. The molecule has 2 aromatic carbocycles. The first-order valence-corrected chi connectivity index (χ1v) is 11.0. The van der Waals surface area contributed by atoms with Crippen molar-refractivity contribution in [2.45, 2.75) is 32.0 Å². The number of ether oxygens (including phenoxy) is 2. The summed E-state index contributed by atoms with van der Waals surface area (Å²) >= 11 is 5.91. The quantitative estimate of drug-likeness (QED) is 0.515. The van der Waals surface area contributed by atoms with Crippen LogP contribution >= 0.6 is 11.6 Å². The van der Waals surface area contributed by atoms with Crippen molar-refractivity contribution in [3.05, 3.63) is 53.1 Å². The molecule has 1 unspecified atom stereocenters. The highest BCUT2D eigenvalue weighted by Crippen LogP contribution is 2.33. The third-order valence-electron chi connectivity index (χ3n) is 5.71. The number of carbonyl (C=O) groups excluding carboxylic acids is 1. The van der Waals surface area contributed by atoms with Crippen LogP contribution in [0.4, 0.5) is 15.9 Å². The molecule has 1 saturated heterocycles. The SMILES string of the molecule is CCOC1C[C@H](C(N)=O)N(Cc2cc3c(Nc4cccc(Cl)c4F)ncnc3cc2OC)C1. The number of hydrogen-bond donors (Lipinski definition) is 2. The molecule has 3 N–H and O–H groups in total. The standard InChI is InChI=1S/C23H25ClFN5O3/c1-3-33-14-8-19(22(26)31)30(11-14)10-13-7-15-18(9-20(13)32-2)27-12-28-23(15)29-17-6-4-5-16(24)21(17)25/h4-7,9,12,14,19H,3,8,10-11H2,1-2H3,(H2,26,31)(H,27,28,29)/t14?,19-/m1/s1. The fourth-order valence-corrected chi connectivity index (χ4v) is 4.35. The van der Waals surface area contributed by atoms with Gasteiger partial charge in [-0.1, -0.05) is 17.7 Å². The molecular formula is C23H25ClFN5O3. The first-order chi connectivity index (χ1) is 15.9. The van der Waals surface area contributed by atoms with Crippen molar-refractivity contribution < 1.29 is 18.7 Å². The molecule has 1 aliphatic rings. The molecular weight excluding hydrogens is 449 g/mol. The van der Waals surface area contributed by atoms with Crippen molar-refractivity contribution >= 4 is 39.9 Å². The van der Waals surface area contributed by atoms with Crippen molar-refractivity contribution in [1.29, 1.82) is 0 Å². The summed E-state index contributed by atoms with van der Waals surface area (Å²) in [5.74, 6) is 0.0800. The summed E-state index contributed by atoms with van der Waals surface area (Å²) in [6, 6.07) is 7.94. The zero-order valence-corrected chi connectivity index (χ0v) is 19.1. The monoisotopic (exact) mass is 473 g/mol. The van der Waals surface area contributed by atoms with Crippen molar-refractivity contribution in [2.75, 3.05) is 25.6 Å². The van der Waals surface area contributed by atoms with Gasteiger partial charge in [0.05, 0.1) is 35.5 Å². The van der Waals surface area contributed by atoms with Crippen LogP contribution in [-0.4, -0.2) is 53.2 Å². The number of fused-ring (bicyclic) bond motifs is 1. The number of nitrogens with two attached hydrogens (primary N) is 1. The molecule has 1 amide bonds. The lowest BCUT2D eigenvalue weighted by atomic mass is 10.1. The fraction of sp³-hybridized carbons (Fsp3) is 0.348. The highest BCUT2D eigenvalue weighted by molar-refractivity contribution is 6.31. The summed E-state index contributed by atoms with van der Waals surface area (Å²) in [5.41, 5.74) is 7.29. The van der Waals surface area contributed by atoms with E-state index in [2.05, 4.69) is 15.3 Å². The molecule has 4 rings (SSSR count). The predicted octanol–water partition coefficient (Wildman–Crippen LogP) is 3.64. The molecule has 174 valence electrons. The van der Waals surface area contributed by atoms with Crippen molar-refractivity contribution in [1.82, 2.24) is 14.9 Å². The molecule has 0 spiro atoms. The Labute approximate surface area is 195 Å². The lowest BCUT2D eigenvalue weighted by Gasteiger charge is -2.23. The first kappa shape index (κ1) is 23.2. The number of likely N-dealkylation sites (tertiary alicyclic amines) is 1. The molecule has 3 aromatic rings. The molecule has 1 aliphatic heterocycles. The Hall–Kier alpha value is -3.01. The number of methoxy groups -OCH3 is 1. The van der Waals surface area contributed by atoms with E-state index in [9.17, 15) is 9.18 Å². The van der Waals surface area contributed by atoms with Crippen LogP contribution in [0.2, 0.25) is 5.02 Å². The Morgan fingerprint density at radius 3 is 2.91 bits per heavy atom. The average Bonchev–Trinajstić information content (AvgIpc) is 3.19. The molecule has 2 heterocycles. The Morgan fingerprint density at radius 2 is 2.18 bits per heavy atom. The normalized spacial score (nSPS) is 18.5. The minimum absolute atomic E-state index is 0.0103. The number of nitrogens with zero attached hydrogens (tertiary/aromatic N) is 3. The Balaban J connectivity index is 1.70. The van der Waals surface area contributed by atoms with Crippen LogP contribution < -0.4 is 15.8 Å². The molecule has 33 heavy (non-hydrogen) atoms.